The summed E-state index contributed by atoms with van der Waals surface area (Å²) in [5, 5.41) is 12.3. The van der Waals surface area contributed by atoms with Crippen molar-refractivity contribution in [3.05, 3.63) is 65.7 Å². The molecule has 0 radical (unpaired) electrons. The van der Waals surface area contributed by atoms with E-state index >= 15 is 0 Å². The highest BCUT2D eigenvalue weighted by atomic mass is 19.1. The first-order valence-corrected chi connectivity index (χ1v) is 10.4. The largest absolute Gasteiger partial charge is 0.495 e. The summed E-state index contributed by atoms with van der Waals surface area (Å²) in [6, 6.07) is 14.6. The molecule has 31 heavy (non-hydrogen) atoms. The third-order valence-corrected chi connectivity index (χ3v) is 5.78. The van der Waals surface area contributed by atoms with Gasteiger partial charge in [-0.25, -0.2) is 9.07 Å². The molecule has 8 nitrogen and oxygen atoms in total. The Morgan fingerprint density at radius 1 is 1.06 bits per heavy atom. The van der Waals surface area contributed by atoms with E-state index in [-0.39, 0.29) is 11.9 Å². The van der Waals surface area contributed by atoms with E-state index in [1.165, 1.54) is 11.0 Å². The maximum Gasteiger partial charge on any atom is 0.214 e. The predicted molar refractivity (Wildman–Crippen MR) is 114 cm³/mol. The zero-order valence-corrected chi connectivity index (χ0v) is 17.9. The number of nitrogens with one attached hydrogen (secondary N) is 1. The second-order valence-corrected chi connectivity index (χ2v) is 7.52. The van der Waals surface area contributed by atoms with Crippen LogP contribution in [-0.2, 0) is 11.3 Å². The number of tetrazole rings is 1. The lowest BCUT2D eigenvalue weighted by atomic mass is 10.0. The molecular formula is C22H28FN6O2+. The Labute approximate surface area is 181 Å². The van der Waals surface area contributed by atoms with E-state index in [4.69, 9.17) is 9.47 Å². The van der Waals surface area contributed by atoms with Crippen LogP contribution < -0.4 is 14.5 Å². The number of hydrogen-bond acceptors (Lipinski definition) is 6. The van der Waals surface area contributed by atoms with E-state index < -0.39 is 0 Å². The van der Waals surface area contributed by atoms with Crippen LogP contribution in [0.5, 0.6) is 5.75 Å². The van der Waals surface area contributed by atoms with Crippen molar-refractivity contribution in [1.29, 1.82) is 0 Å². The number of anilines is 1. The SMILES string of the molecule is COCCn1nnnc1[C@H](c1ccccc1F)[NH+]1CCN(c2ccccc2OC)CC1. The number of methoxy groups -OCH3 is 2. The highest BCUT2D eigenvalue weighted by molar-refractivity contribution is 5.58. The molecule has 0 bridgehead atoms. The topological polar surface area (TPSA) is 69.7 Å². The fourth-order valence-corrected chi connectivity index (χ4v) is 4.22. The van der Waals surface area contributed by atoms with Crippen LogP contribution in [0, 0.1) is 5.82 Å². The van der Waals surface area contributed by atoms with E-state index in [0.29, 0.717) is 24.5 Å². The van der Waals surface area contributed by atoms with E-state index in [9.17, 15) is 4.39 Å². The molecule has 0 spiro atoms. The van der Waals surface area contributed by atoms with Crippen molar-refractivity contribution in [1.82, 2.24) is 20.2 Å². The van der Waals surface area contributed by atoms with Gasteiger partial charge in [0.25, 0.3) is 0 Å². The molecule has 1 N–H and O–H groups in total. The van der Waals surface area contributed by atoms with Crippen molar-refractivity contribution in [3.63, 3.8) is 0 Å². The minimum absolute atomic E-state index is 0.242. The van der Waals surface area contributed by atoms with Crippen molar-refractivity contribution in [3.8, 4) is 5.75 Å². The minimum atomic E-state index is -0.298. The second kappa shape index (κ2) is 9.84. The molecule has 0 amide bonds. The van der Waals surface area contributed by atoms with Crippen LogP contribution in [0.2, 0.25) is 0 Å². The second-order valence-electron chi connectivity index (χ2n) is 7.52. The lowest BCUT2D eigenvalue weighted by molar-refractivity contribution is -0.927. The molecule has 0 saturated carbocycles. The monoisotopic (exact) mass is 427 g/mol. The fourth-order valence-electron chi connectivity index (χ4n) is 4.22. The van der Waals surface area contributed by atoms with Crippen LogP contribution in [0.25, 0.3) is 0 Å². The summed E-state index contributed by atoms with van der Waals surface area (Å²) in [5.74, 6) is 1.27. The zero-order chi connectivity index (χ0) is 21.6. The van der Waals surface area contributed by atoms with Gasteiger partial charge in [0.05, 0.1) is 57.7 Å². The van der Waals surface area contributed by atoms with Gasteiger partial charge < -0.3 is 19.3 Å². The van der Waals surface area contributed by atoms with Gasteiger partial charge in [-0.3, -0.25) is 0 Å². The summed E-state index contributed by atoms with van der Waals surface area (Å²) >= 11 is 0. The van der Waals surface area contributed by atoms with Crippen LogP contribution in [0.4, 0.5) is 10.1 Å². The molecule has 0 aliphatic carbocycles. The van der Waals surface area contributed by atoms with E-state index in [1.807, 2.05) is 30.3 Å². The highest BCUT2D eigenvalue weighted by Gasteiger charge is 2.36. The summed E-state index contributed by atoms with van der Waals surface area (Å²) in [6.45, 7) is 4.27. The Kier molecular flexibility index (Phi) is 6.73. The molecule has 9 heteroatoms. The van der Waals surface area contributed by atoms with Crippen LogP contribution in [0.1, 0.15) is 17.4 Å². The van der Waals surface area contributed by atoms with Crippen molar-refractivity contribution < 1.29 is 18.8 Å². The third-order valence-electron chi connectivity index (χ3n) is 5.78. The predicted octanol–water partition coefficient (Wildman–Crippen LogP) is 0.962. The summed E-state index contributed by atoms with van der Waals surface area (Å²) in [4.78, 5) is 3.54. The molecule has 1 atom stereocenters. The Bertz CT molecular complexity index is 989. The number of halogens is 1. The number of nitrogens with zero attached hydrogens (tertiary/aromatic N) is 5. The van der Waals surface area contributed by atoms with Gasteiger partial charge >= 0.3 is 0 Å². The van der Waals surface area contributed by atoms with E-state index in [2.05, 4.69) is 26.5 Å². The lowest BCUT2D eigenvalue weighted by Crippen LogP contribution is -3.15. The zero-order valence-electron chi connectivity index (χ0n) is 17.9. The Balaban J connectivity index is 1.60. The third kappa shape index (κ3) is 4.52. The average Bonchev–Trinajstić information content (AvgIpc) is 3.27. The molecule has 3 aromatic rings. The van der Waals surface area contributed by atoms with Gasteiger partial charge in [0, 0.05) is 7.11 Å². The van der Waals surface area contributed by atoms with Crippen LogP contribution in [0.3, 0.4) is 0 Å². The number of rotatable bonds is 8. The number of quaternary nitrogens is 1. The fraction of sp³-hybridized carbons (Fsp3) is 0.409. The number of hydrogen-bond donors (Lipinski definition) is 1. The smallest absolute Gasteiger partial charge is 0.214 e. The van der Waals surface area contributed by atoms with E-state index in [1.54, 1.807) is 25.0 Å². The lowest BCUT2D eigenvalue weighted by Gasteiger charge is -2.37. The summed E-state index contributed by atoms with van der Waals surface area (Å²) in [7, 11) is 3.33. The molecule has 1 saturated heterocycles. The van der Waals surface area contributed by atoms with Crippen molar-refractivity contribution in [2.75, 3.05) is 51.9 Å². The first-order valence-electron chi connectivity index (χ1n) is 10.4. The van der Waals surface area contributed by atoms with Gasteiger partial charge in [-0.1, -0.05) is 24.3 Å². The molecule has 1 fully saturated rings. The maximum absolute atomic E-state index is 14.9. The first-order chi connectivity index (χ1) is 15.2. The van der Waals surface area contributed by atoms with Gasteiger partial charge in [0.1, 0.15) is 11.6 Å². The van der Waals surface area contributed by atoms with Crippen LogP contribution >= 0.6 is 0 Å². The van der Waals surface area contributed by atoms with Gasteiger partial charge in [-0.15, -0.1) is 5.10 Å². The number of piperazine rings is 1. The van der Waals surface area contributed by atoms with Crippen LogP contribution in [0.15, 0.2) is 48.5 Å². The normalized spacial score (nSPS) is 15.8. The summed E-state index contributed by atoms with van der Waals surface area (Å²) in [5.41, 5.74) is 1.69. The molecule has 4 rings (SSSR count). The number of ether oxygens (including phenoxy) is 2. The first kappa shape index (κ1) is 21.2. The molecule has 1 aliphatic heterocycles. The summed E-state index contributed by atoms with van der Waals surface area (Å²) < 4.78 is 27.3. The number of para-hydroxylation sites is 2. The molecule has 1 aromatic heterocycles. The number of aromatic nitrogens is 4. The molecule has 1 aliphatic rings. The van der Waals surface area contributed by atoms with Crippen LogP contribution in [-0.4, -0.2) is 67.2 Å². The maximum atomic E-state index is 14.9. The molecule has 2 heterocycles. The standard InChI is InChI=1S/C22H27FN6O2/c1-30-16-15-29-22(24-25-26-29)21(17-7-3-4-8-18(17)23)28-13-11-27(12-14-28)19-9-5-6-10-20(19)31-2/h3-10,21H,11-16H2,1-2H3/p+1/t21-/m0/s1. The van der Waals surface area contributed by atoms with Crippen molar-refractivity contribution in [2.24, 2.45) is 0 Å². The Morgan fingerprint density at radius 3 is 2.55 bits per heavy atom. The number of benzene rings is 2. The summed E-state index contributed by atoms with van der Waals surface area (Å²) in [6.07, 6.45) is 0. The van der Waals surface area contributed by atoms with E-state index in [0.717, 1.165) is 37.6 Å². The van der Waals surface area contributed by atoms with Gasteiger partial charge in [0.2, 0.25) is 5.82 Å². The molecule has 164 valence electrons. The average molecular weight is 428 g/mol. The highest BCUT2D eigenvalue weighted by Crippen LogP contribution is 2.28. The van der Waals surface area contributed by atoms with Gasteiger partial charge in [-0.2, -0.15) is 0 Å². The quantitative estimate of drug-likeness (QED) is 0.578. The van der Waals surface area contributed by atoms with Gasteiger partial charge in [-0.05, 0) is 34.7 Å². The molecular weight excluding hydrogens is 399 g/mol. The van der Waals surface area contributed by atoms with Crippen molar-refractivity contribution >= 4 is 5.69 Å². The molecule has 0 unspecified atom stereocenters. The molecule has 2 aromatic carbocycles. The Hall–Kier alpha value is -3.04. The minimum Gasteiger partial charge on any atom is -0.495 e. The van der Waals surface area contributed by atoms with Crippen molar-refractivity contribution in [2.45, 2.75) is 12.6 Å². The Morgan fingerprint density at radius 2 is 1.81 bits per heavy atom. The van der Waals surface area contributed by atoms with Gasteiger partial charge in [0.15, 0.2) is 6.04 Å².